The Balaban J connectivity index is 1.61. The molecule has 0 radical (unpaired) electrons. The molecule has 0 saturated carbocycles. The van der Waals surface area contributed by atoms with E-state index in [0.29, 0.717) is 13.0 Å². The second kappa shape index (κ2) is 9.18. The summed E-state index contributed by atoms with van der Waals surface area (Å²) in [5, 5.41) is 5.25. The maximum Gasteiger partial charge on any atom is 0.324 e. The molecule has 1 unspecified atom stereocenters. The SMILES string of the molecule is COc1ccccc1CCNC(=O)C1CNC(=O)N(Cc2ccccc2F)C1=O. The van der Waals surface area contributed by atoms with E-state index in [0.717, 1.165) is 16.2 Å². The monoisotopic (exact) mass is 399 g/mol. The van der Waals surface area contributed by atoms with E-state index < -0.39 is 29.6 Å². The molecular formula is C21H22FN3O4. The summed E-state index contributed by atoms with van der Waals surface area (Å²) in [4.78, 5) is 38.1. The summed E-state index contributed by atoms with van der Waals surface area (Å²) in [6.07, 6.45) is 0.530. The predicted octanol–water partition coefficient (Wildman–Crippen LogP) is 1.86. The van der Waals surface area contributed by atoms with Crippen LogP contribution in [-0.4, -0.2) is 42.9 Å². The Morgan fingerprint density at radius 2 is 1.86 bits per heavy atom. The summed E-state index contributed by atoms with van der Waals surface area (Å²) in [7, 11) is 1.57. The molecule has 1 aliphatic heterocycles. The quantitative estimate of drug-likeness (QED) is 0.696. The molecule has 152 valence electrons. The number of carbonyl (C=O) groups excluding carboxylic acids is 3. The molecule has 0 aromatic heterocycles. The molecule has 1 fully saturated rings. The fourth-order valence-corrected chi connectivity index (χ4v) is 3.16. The number of methoxy groups -OCH3 is 1. The fraction of sp³-hybridized carbons (Fsp3) is 0.286. The predicted molar refractivity (Wildman–Crippen MR) is 104 cm³/mol. The van der Waals surface area contributed by atoms with E-state index in [1.165, 1.54) is 18.2 Å². The molecule has 1 aliphatic rings. The van der Waals surface area contributed by atoms with E-state index in [4.69, 9.17) is 4.74 Å². The lowest BCUT2D eigenvalue weighted by molar-refractivity contribution is -0.141. The number of urea groups is 1. The number of para-hydroxylation sites is 1. The van der Waals surface area contributed by atoms with Gasteiger partial charge in [-0.25, -0.2) is 9.18 Å². The molecule has 1 atom stereocenters. The van der Waals surface area contributed by atoms with Gasteiger partial charge >= 0.3 is 6.03 Å². The fourth-order valence-electron chi connectivity index (χ4n) is 3.16. The van der Waals surface area contributed by atoms with E-state index >= 15 is 0 Å². The van der Waals surface area contributed by atoms with Crippen molar-refractivity contribution in [3.05, 3.63) is 65.5 Å². The molecule has 3 rings (SSSR count). The van der Waals surface area contributed by atoms with Gasteiger partial charge in [-0.1, -0.05) is 36.4 Å². The van der Waals surface area contributed by atoms with Crippen LogP contribution in [0.1, 0.15) is 11.1 Å². The van der Waals surface area contributed by atoms with Gasteiger partial charge in [-0.05, 0) is 24.1 Å². The van der Waals surface area contributed by atoms with Gasteiger partial charge in [-0.3, -0.25) is 14.5 Å². The van der Waals surface area contributed by atoms with Crippen LogP contribution in [0.5, 0.6) is 5.75 Å². The van der Waals surface area contributed by atoms with E-state index in [-0.39, 0.29) is 18.7 Å². The average molecular weight is 399 g/mol. The van der Waals surface area contributed by atoms with E-state index in [9.17, 15) is 18.8 Å². The van der Waals surface area contributed by atoms with Gasteiger partial charge in [0.25, 0.3) is 0 Å². The van der Waals surface area contributed by atoms with Crippen molar-refractivity contribution in [2.45, 2.75) is 13.0 Å². The molecule has 2 N–H and O–H groups in total. The first-order valence-electron chi connectivity index (χ1n) is 9.23. The average Bonchev–Trinajstić information content (AvgIpc) is 2.72. The third-order valence-electron chi connectivity index (χ3n) is 4.76. The molecule has 4 amide bonds. The van der Waals surface area contributed by atoms with Gasteiger partial charge in [0.1, 0.15) is 17.5 Å². The highest BCUT2D eigenvalue weighted by atomic mass is 19.1. The summed E-state index contributed by atoms with van der Waals surface area (Å²) >= 11 is 0. The number of imide groups is 1. The Morgan fingerprint density at radius 1 is 1.17 bits per heavy atom. The highest BCUT2D eigenvalue weighted by Gasteiger charge is 2.38. The number of amides is 4. The standard InChI is InChI=1S/C21H22FN3O4/c1-29-18-9-5-3-6-14(18)10-11-23-19(26)16-12-24-21(28)25(20(16)27)13-15-7-2-4-8-17(15)22/h2-9,16H,10-13H2,1H3,(H,23,26)(H,24,28). The number of hydrogen-bond acceptors (Lipinski definition) is 4. The van der Waals surface area contributed by atoms with Crippen LogP contribution in [0.25, 0.3) is 0 Å². The molecule has 0 bridgehead atoms. The van der Waals surface area contributed by atoms with Crippen LogP contribution in [0.2, 0.25) is 0 Å². The molecule has 1 saturated heterocycles. The maximum atomic E-state index is 13.9. The Hall–Kier alpha value is -3.42. The van der Waals surface area contributed by atoms with Crippen LogP contribution < -0.4 is 15.4 Å². The Morgan fingerprint density at radius 3 is 2.59 bits per heavy atom. The summed E-state index contributed by atoms with van der Waals surface area (Å²) < 4.78 is 19.2. The number of carbonyl (C=O) groups is 3. The van der Waals surface area contributed by atoms with Gasteiger partial charge < -0.3 is 15.4 Å². The van der Waals surface area contributed by atoms with Gasteiger partial charge in [-0.2, -0.15) is 0 Å². The minimum atomic E-state index is -1.06. The Bertz CT molecular complexity index is 918. The van der Waals surface area contributed by atoms with Gasteiger partial charge in [0, 0.05) is 18.7 Å². The number of nitrogens with zero attached hydrogens (tertiary/aromatic N) is 1. The zero-order valence-corrected chi connectivity index (χ0v) is 16.0. The Kier molecular flexibility index (Phi) is 6.43. The van der Waals surface area contributed by atoms with Crippen LogP contribution in [0.15, 0.2) is 48.5 Å². The second-order valence-corrected chi connectivity index (χ2v) is 6.61. The van der Waals surface area contributed by atoms with Crippen molar-refractivity contribution in [3.63, 3.8) is 0 Å². The number of ether oxygens (including phenoxy) is 1. The van der Waals surface area contributed by atoms with Crippen LogP contribution in [0, 0.1) is 11.7 Å². The first kappa shape index (κ1) is 20.3. The van der Waals surface area contributed by atoms with Crippen molar-refractivity contribution in [1.29, 1.82) is 0 Å². The number of hydrogen-bond donors (Lipinski definition) is 2. The largest absolute Gasteiger partial charge is 0.496 e. The van der Waals surface area contributed by atoms with Crippen molar-refractivity contribution < 1.29 is 23.5 Å². The lowest BCUT2D eigenvalue weighted by Gasteiger charge is -2.30. The third-order valence-corrected chi connectivity index (χ3v) is 4.76. The molecule has 7 nitrogen and oxygen atoms in total. The van der Waals surface area contributed by atoms with Crippen LogP contribution in [-0.2, 0) is 22.6 Å². The van der Waals surface area contributed by atoms with Crippen molar-refractivity contribution in [1.82, 2.24) is 15.5 Å². The summed E-state index contributed by atoms with van der Waals surface area (Å²) in [6, 6.07) is 12.7. The minimum Gasteiger partial charge on any atom is -0.496 e. The first-order valence-corrected chi connectivity index (χ1v) is 9.23. The van der Waals surface area contributed by atoms with Crippen molar-refractivity contribution in [3.8, 4) is 5.75 Å². The smallest absolute Gasteiger partial charge is 0.324 e. The van der Waals surface area contributed by atoms with E-state index in [1.807, 2.05) is 24.3 Å². The number of benzene rings is 2. The zero-order chi connectivity index (χ0) is 20.8. The van der Waals surface area contributed by atoms with Gasteiger partial charge in [0.15, 0.2) is 0 Å². The zero-order valence-electron chi connectivity index (χ0n) is 16.0. The van der Waals surface area contributed by atoms with Gasteiger partial charge in [0.2, 0.25) is 11.8 Å². The third kappa shape index (κ3) is 4.71. The maximum absolute atomic E-state index is 13.9. The molecule has 29 heavy (non-hydrogen) atoms. The molecule has 2 aromatic rings. The van der Waals surface area contributed by atoms with Crippen molar-refractivity contribution in [2.75, 3.05) is 20.2 Å². The van der Waals surface area contributed by atoms with Crippen LogP contribution in [0.4, 0.5) is 9.18 Å². The normalized spacial score (nSPS) is 16.3. The number of halogens is 1. The molecule has 0 aliphatic carbocycles. The highest BCUT2D eigenvalue weighted by Crippen LogP contribution is 2.18. The van der Waals surface area contributed by atoms with Crippen LogP contribution >= 0.6 is 0 Å². The van der Waals surface area contributed by atoms with Gasteiger partial charge in [-0.15, -0.1) is 0 Å². The Labute approximate surface area is 167 Å². The van der Waals surface area contributed by atoms with Gasteiger partial charge in [0.05, 0.1) is 13.7 Å². The lowest BCUT2D eigenvalue weighted by atomic mass is 10.0. The molecule has 2 aromatic carbocycles. The minimum absolute atomic E-state index is 0.0913. The summed E-state index contributed by atoms with van der Waals surface area (Å²) in [5.74, 6) is -1.98. The molecular weight excluding hydrogens is 377 g/mol. The van der Waals surface area contributed by atoms with Crippen molar-refractivity contribution >= 4 is 17.8 Å². The number of nitrogens with one attached hydrogen (secondary N) is 2. The topological polar surface area (TPSA) is 87.7 Å². The molecule has 1 heterocycles. The highest BCUT2D eigenvalue weighted by molar-refractivity contribution is 6.08. The first-order chi connectivity index (χ1) is 14.0. The molecule has 8 heteroatoms. The summed E-state index contributed by atoms with van der Waals surface area (Å²) in [6.45, 7) is -0.0154. The van der Waals surface area contributed by atoms with E-state index in [1.54, 1.807) is 13.2 Å². The van der Waals surface area contributed by atoms with E-state index in [2.05, 4.69) is 10.6 Å². The summed E-state index contributed by atoms with van der Waals surface area (Å²) in [5.41, 5.74) is 1.13. The molecule has 0 spiro atoms. The lowest BCUT2D eigenvalue weighted by Crippen LogP contribution is -2.58. The van der Waals surface area contributed by atoms with Crippen molar-refractivity contribution in [2.24, 2.45) is 5.92 Å². The van der Waals surface area contributed by atoms with Crippen LogP contribution in [0.3, 0.4) is 0 Å². The second-order valence-electron chi connectivity index (χ2n) is 6.61. The number of rotatable bonds is 7.